The molecule has 0 aliphatic carbocycles. The van der Waals surface area contributed by atoms with Gasteiger partial charge in [-0.2, -0.15) is 0 Å². The van der Waals surface area contributed by atoms with Gasteiger partial charge in [0.2, 0.25) is 0 Å². The zero-order chi connectivity index (χ0) is 25.7. The molecule has 1 aliphatic heterocycles. The van der Waals surface area contributed by atoms with E-state index in [2.05, 4.69) is 39.4 Å². The number of nitrogens with one attached hydrogen (secondary N) is 3. The van der Waals surface area contributed by atoms with Gasteiger partial charge in [0.1, 0.15) is 0 Å². The molecule has 4 N–H and O–H groups in total. The second-order valence-electron chi connectivity index (χ2n) is 8.92. The summed E-state index contributed by atoms with van der Waals surface area (Å²) in [6.45, 7) is 10.3. The molecule has 0 saturated carbocycles. The number of amides is 3. The third kappa shape index (κ3) is 5.49. The van der Waals surface area contributed by atoms with E-state index in [0.29, 0.717) is 35.6 Å². The first-order valence-corrected chi connectivity index (χ1v) is 12.4. The first-order valence-electron chi connectivity index (χ1n) is 12.4. The highest BCUT2D eigenvalue weighted by molar-refractivity contribution is 6.30. The highest BCUT2D eigenvalue weighted by Gasteiger charge is 2.33. The summed E-state index contributed by atoms with van der Waals surface area (Å²) in [6, 6.07) is 15.0. The molecule has 0 fully saturated rings. The van der Waals surface area contributed by atoms with Gasteiger partial charge in [-0.25, -0.2) is 9.79 Å². The Labute approximate surface area is 211 Å². The molecule has 8 nitrogen and oxygen atoms in total. The molecule has 0 unspecified atom stereocenters. The van der Waals surface area contributed by atoms with Crippen molar-refractivity contribution in [3.8, 4) is 17.1 Å². The minimum atomic E-state index is -0.379. The standard InChI is InChI=1S/C28H33N5O3/c1-4-33(5-2)16-6-15-29-28(36)30-17-19-9-13-21(14-10-19)25-23-22(26(34)32-25)24(31-27(23)35)20-11-7-18(3)8-12-20/h7-14,32,34H,4-6,15-17H2,1-3H3,(H2,29,30,36). The monoisotopic (exact) mass is 487 g/mol. The maximum Gasteiger partial charge on any atom is 0.315 e. The minimum Gasteiger partial charge on any atom is -0.494 e. The van der Waals surface area contributed by atoms with E-state index < -0.39 is 0 Å². The maximum absolute atomic E-state index is 12.8. The molecule has 1 aromatic heterocycles. The molecule has 0 atom stereocenters. The van der Waals surface area contributed by atoms with Crippen LogP contribution < -0.4 is 10.6 Å². The molecule has 36 heavy (non-hydrogen) atoms. The van der Waals surface area contributed by atoms with Crippen LogP contribution in [0.15, 0.2) is 53.5 Å². The zero-order valence-corrected chi connectivity index (χ0v) is 21.0. The Morgan fingerprint density at radius 2 is 1.64 bits per heavy atom. The summed E-state index contributed by atoms with van der Waals surface area (Å²) >= 11 is 0. The number of benzene rings is 2. The van der Waals surface area contributed by atoms with Gasteiger partial charge in [-0.3, -0.25) is 4.79 Å². The van der Waals surface area contributed by atoms with Gasteiger partial charge < -0.3 is 25.6 Å². The van der Waals surface area contributed by atoms with Gasteiger partial charge in [0.25, 0.3) is 5.91 Å². The third-order valence-electron chi connectivity index (χ3n) is 6.50. The molecule has 3 amide bonds. The second-order valence-corrected chi connectivity index (χ2v) is 8.92. The number of carbonyl (C=O) groups is 2. The van der Waals surface area contributed by atoms with Crippen molar-refractivity contribution in [2.24, 2.45) is 4.99 Å². The fourth-order valence-electron chi connectivity index (χ4n) is 4.36. The van der Waals surface area contributed by atoms with Crippen molar-refractivity contribution in [1.29, 1.82) is 0 Å². The summed E-state index contributed by atoms with van der Waals surface area (Å²) in [7, 11) is 0. The molecule has 8 heteroatoms. The van der Waals surface area contributed by atoms with Gasteiger partial charge in [-0.15, -0.1) is 0 Å². The molecule has 0 radical (unpaired) electrons. The Bertz CT molecular complexity index is 1260. The van der Waals surface area contributed by atoms with E-state index in [-0.39, 0.29) is 17.8 Å². The smallest absolute Gasteiger partial charge is 0.315 e. The molecule has 2 aromatic carbocycles. The number of aromatic hydroxyl groups is 1. The number of carbonyl (C=O) groups excluding carboxylic acids is 2. The fraction of sp³-hybridized carbons (Fsp3) is 0.321. The number of aliphatic imine (C=N–C) groups is 1. The molecular formula is C28H33N5O3. The number of aryl methyl sites for hydroxylation is 1. The average molecular weight is 488 g/mol. The normalized spacial score (nSPS) is 12.6. The van der Waals surface area contributed by atoms with Crippen molar-refractivity contribution in [3.05, 3.63) is 76.3 Å². The fourth-order valence-corrected chi connectivity index (χ4v) is 4.36. The van der Waals surface area contributed by atoms with Crippen LogP contribution in [0.5, 0.6) is 5.88 Å². The molecule has 2 heterocycles. The maximum atomic E-state index is 12.8. The Morgan fingerprint density at radius 3 is 2.31 bits per heavy atom. The number of fused-ring (bicyclic) bond motifs is 1. The van der Waals surface area contributed by atoms with Crippen LogP contribution in [0.4, 0.5) is 4.79 Å². The summed E-state index contributed by atoms with van der Waals surface area (Å²) in [5.74, 6) is -0.455. The lowest BCUT2D eigenvalue weighted by atomic mass is 9.99. The molecule has 0 saturated heterocycles. The largest absolute Gasteiger partial charge is 0.494 e. The van der Waals surface area contributed by atoms with Gasteiger partial charge in [-0.05, 0) is 44.1 Å². The quantitative estimate of drug-likeness (QED) is 0.321. The first-order chi connectivity index (χ1) is 17.4. The topological polar surface area (TPSA) is 110 Å². The van der Waals surface area contributed by atoms with Crippen LogP contribution in [0.1, 0.15) is 52.9 Å². The predicted octanol–water partition coefficient (Wildman–Crippen LogP) is 4.22. The van der Waals surface area contributed by atoms with Crippen molar-refractivity contribution in [2.75, 3.05) is 26.2 Å². The SMILES string of the molecule is CCN(CC)CCCNC(=O)NCc1ccc(-c2[nH]c(O)c3c2C(=O)N=C3c2ccc(C)cc2)cc1. The molecular weight excluding hydrogens is 454 g/mol. The number of urea groups is 1. The van der Waals surface area contributed by atoms with Crippen molar-refractivity contribution in [2.45, 2.75) is 33.7 Å². The van der Waals surface area contributed by atoms with Crippen LogP contribution in [0, 0.1) is 6.92 Å². The summed E-state index contributed by atoms with van der Waals surface area (Å²) < 4.78 is 0. The van der Waals surface area contributed by atoms with Crippen LogP contribution in [-0.4, -0.2) is 58.8 Å². The summed E-state index contributed by atoms with van der Waals surface area (Å²) in [5, 5.41) is 16.4. The van der Waals surface area contributed by atoms with E-state index in [1.165, 1.54) is 0 Å². The number of H-pyrrole nitrogens is 1. The van der Waals surface area contributed by atoms with Crippen LogP contribution in [0.2, 0.25) is 0 Å². The highest BCUT2D eigenvalue weighted by Crippen LogP contribution is 2.38. The third-order valence-corrected chi connectivity index (χ3v) is 6.50. The van der Waals surface area contributed by atoms with Crippen LogP contribution in [0.3, 0.4) is 0 Å². The lowest BCUT2D eigenvalue weighted by Gasteiger charge is -2.17. The van der Waals surface area contributed by atoms with E-state index in [9.17, 15) is 14.7 Å². The Hall–Kier alpha value is -3.91. The van der Waals surface area contributed by atoms with Crippen LogP contribution >= 0.6 is 0 Å². The Kier molecular flexibility index (Phi) is 7.85. The van der Waals surface area contributed by atoms with Gasteiger partial charge in [0, 0.05) is 18.7 Å². The molecule has 1 aliphatic rings. The van der Waals surface area contributed by atoms with E-state index in [4.69, 9.17) is 0 Å². The minimum absolute atomic E-state index is 0.0754. The summed E-state index contributed by atoms with van der Waals surface area (Å²) in [6.07, 6.45) is 0.908. The van der Waals surface area contributed by atoms with Gasteiger partial charge >= 0.3 is 6.03 Å². The van der Waals surface area contributed by atoms with Crippen molar-refractivity contribution < 1.29 is 14.7 Å². The summed E-state index contributed by atoms with van der Waals surface area (Å²) in [4.78, 5) is 34.4. The molecule has 0 bridgehead atoms. The zero-order valence-electron chi connectivity index (χ0n) is 21.0. The summed E-state index contributed by atoms with van der Waals surface area (Å²) in [5.41, 5.74) is 5.37. The molecule has 4 rings (SSSR count). The van der Waals surface area contributed by atoms with Crippen LogP contribution in [0.25, 0.3) is 11.3 Å². The number of nitrogens with zero attached hydrogens (tertiary/aromatic N) is 2. The average Bonchev–Trinajstić information content (AvgIpc) is 3.41. The van der Waals surface area contributed by atoms with Gasteiger partial charge in [-0.1, -0.05) is 67.9 Å². The lowest BCUT2D eigenvalue weighted by molar-refractivity contribution is 0.101. The van der Waals surface area contributed by atoms with Crippen molar-refractivity contribution in [3.63, 3.8) is 0 Å². The number of aromatic nitrogens is 1. The van der Waals surface area contributed by atoms with Crippen molar-refractivity contribution in [1.82, 2.24) is 20.5 Å². The second kappa shape index (κ2) is 11.2. The van der Waals surface area contributed by atoms with Gasteiger partial charge in [0.05, 0.1) is 22.5 Å². The highest BCUT2D eigenvalue weighted by atomic mass is 16.3. The van der Waals surface area contributed by atoms with Crippen LogP contribution in [-0.2, 0) is 6.54 Å². The lowest BCUT2D eigenvalue weighted by Crippen LogP contribution is -2.36. The van der Waals surface area contributed by atoms with E-state index in [1.54, 1.807) is 0 Å². The molecule has 3 aromatic rings. The van der Waals surface area contributed by atoms with E-state index >= 15 is 0 Å². The number of rotatable bonds is 10. The number of hydrogen-bond acceptors (Lipinski definition) is 4. The van der Waals surface area contributed by atoms with E-state index in [1.807, 2.05) is 55.5 Å². The number of aromatic amines is 1. The Balaban J connectivity index is 1.38. The number of hydrogen-bond donors (Lipinski definition) is 4. The van der Waals surface area contributed by atoms with Gasteiger partial charge in [0.15, 0.2) is 5.88 Å². The first kappa shape index (κ1) is 25.2. The Morgan fingerprint density at radius 1 is 0.972 bits per heavy atom. The van der Waals surface area contributed by atoms with Crippen molar-refractivity contribution >= 4 is 17.6 Å². The molecule has 0 spiro atoms. The predicted molar refractivity (Wildman–Crippen MR) is 142 cm³/mol. The van der Waals surface area contributed by atoms with E-state index in [0.717, 1.165) is 48.3 Å². The molecule has 188 valence electrons.